The summed E-state index contributed by atoms with van der Waals surface area (Å²) in [5.41, 5.74) is 0.883. The van der Waals surface area contributed by atoms with Crippen molar-refractivity contribution in [2.75, 3.05) is 50.8 Å². The van der Waals surface area contributed by atoms with E-state index in [4.69, 9.17) is 4.74 Å². The molecule has 138 valence electrons. The van der Waals surface area contributed by atoms with E-state index in [-0.39, 0.29) is 24.2 Å². The van der Waals surface area contributed by atoms with Crippen LogP contribution in [0.4, 0.5) is 5.82 Å². The molecule has 3 heterocycles. The highest BCUT2D eigenvalue weighted by Crippen LogP contribution is 2.29. The number of amides is 2. The smallest absolute Gasteiger partial charge is 0.229 e. The molecule has 2 aliphatic heterocycles. The lowest BCUT2D eigenvalue weighted by atomic mass is 10.1. The van der Waals surface area contributed by atoms with Gasteiger partial charge in [0.1, 0.15) is 0 Å². The van der Waals surface area contributed by atoms with E-state index in [2.05, 4.69) is 20.4 Å². The number of carbonyl (C=O) groups excluding carboxylic acids is 2. The standard InChI is InChI=1S/C18H23N5O3/c24-16-11-13(18(25)19-5-6-22-7-9-26-10-8-22)12-23(16)17-14-3-1-2-4-15(14)20-21-17/h1-4,13H,5-12H2,(H,19,25)(H,20,21)/t13-/m1/s1. The fraction of sp³-hybridized carbons (Fsp3) is 0.500. The first-order chi connectivity index (χ1) is 12.7. The molecule has 2 N–H and O–H groups in total. The number of para-hydroxylation sites is 1. The van der Waals surface area contributed by atoms with E-state index in [0.717, 1.165) is 43.8 Å². The second-order valence-electron chi connectivity index (χ2n) is 6.74. The fourth-order valence-corrected chi connectivity index (χ4v) is 3.55. The number of nitrogens with one attached hydrogen (secondary N) is 2. The highest BCUT2D eigenvalue weighted by molar-refractivity contribution is 6.05. The van der Waals surface area contributed by atoms with Gasteiger partial charge in [-0.25, -0.2) is 0 Å². The topological polar surface area (TPSA) is 90.6 Å². The van der Waals surface area contributed by atoms with E-state index in [1.807, 2.05) is 24.3 Å². The molecule has 0 radical (unpaired) electrons. The van der Waals surface area contributed by atoms with Gasteiger partial charge >= 0.3 is 0 Å². The van der Waals surface area contributed by atoms with Gasteiger partial charge in [-0.15, -0.1) is 0 Å². The van der Waals surface area contributed by atoms with Gasteiger partial charge in [0.15, 0.2) is 5.82 Å². The van der Waals surface area contributed by atoms with Crippen LogP contribution in [-0.4, -0.2) is 72.8 Å². The Balaban J connectivity index is 1.34. The molecule has 1 aromatic carbocycles. The zero-order valence-electron chi connectivity index (χ0n) is 14.6. The Morgan fingerprint density at radius 1 is 1.31 bits per heavy atom. The first kappa shape index (κ1) is 17.0. The predicted octanol–water partition coefficient (Wildman–Crippen LogP) is 0.364. The third-order valence-electron chi connectivity index (χ3n) is 5.03. The van der Waals surface area contributed by atoms with Crippen LogP contribution < -0.4 is 10.2 Å². The van der Waals surface area contributed by atoms with Crippen LogP contribution in [0.2, 0.25) is 0 Å². The monoisotopic (exact) mass is 357 g/mol. The maximum atomic E-state index is 12.4. The molecule has 2 fully saturated rings. The Bertz CT molecular complexity index is 799. The Kier molecular flexibility index (Phi) is 4.85. The molecule has 0 saturated carbocycles. The van der Waals surface area contributed by atoms with E-state index in [1.165, 1.54) is 0 Å². The number of ether oxygens (including phenoxy) is 1. The molecule has 2 aliphatic rings. The van der Waals surface area contributed by atoms with E-state index in [0.29, 0.717) is 18.9 Å². The maximum absolute atomic E-state index is 12.4. The van der Waals surface area contributed by atoms with Crippen LogP contribution in [0.15, 0.2) is 24.3 Å². The third kappa shape index (κ3) is 3.42. The van der Waals surface area contributed by atoms with Crippen molar-refractivity contribution in [3.63, 3.8) is 0 Å². The van der Waals surface area contributed by atoms with Crippen molar-refractivity contribution in [2.45, 2.75) is 6.42 Å². The van der Waals surface area contributed by atoms with Crippen LogP contribution >= 0.6 is 0 Å². The maximum Gasteiger partial charge on any atom is 0.229 e. The van der Waals surface area contributed by atoms with Crippen molar-refractivity contribution in [1.82, 2.24) is 20.4 Å². The molecule has 0 unspecified atom stereocenters. The number of morpholine rings is 1. The molecule has 8 nitrogen and oxygen atoms in total. The predicted molar refractivity (Wildman–Crippen MR) is 96.8 cm³/mol. The Morgan fingerprint density at radius 3 is 2.96 bits per heavy atom. The zero-order valence-corrected chi connectivity index (χ0v) is 14.6. The first-order valence-corrected chi connectivity index (χ1v) is 9.03. The molecule has 8 heteroatoms. The summed E-state index contributed by atoms with van der Waals surface area (Å²) in [5, 5.41) is 11.1. The van der Waals surface area contributed by atoms with Crippen molar-refractivity contribution in [1.29, 1.82) is 0 Å². The molecule has 1 aromatic heterocycles. The van der Waals surface area contributed by atoms with Crippen molar-refractivity contribution < 1.29 is 14.3 Å². The molecule has 1 atom stereocenters. The van der Waals surface area contributed by atoms with E-state index in [9.17, 15) is 9.59 Å². The summed E-state index contributed by atoms with van der Waals surface area (Å²) in [6.45, 7) is 5.07. The molecule has 0 bridgehead atoms. The lowest BCUT2D eigenvalue weighted by Crippen LogP contribution is -2.42. The summed E-state index contributed by atoms with van der Waals surface area (Å²) in [7, 11) is 0. The van der Waals surface area contributed by atoms with Gasteiger partial charge in [0.2, 0.25) is 11.8 Å². The molecule has 2 saturated heterocycles. The highest BCUT2D eigenvalue weighted by Gasteiger charge is 2.36. The normalized spacial score (nSPS) is 21.5. The summed E-state index contributed by atoms with van der Waals surface area (Å²) in [5.74, 6) is 0.154. The SMILES string of the molecule is O=C(NCCN1CCOCC1)[C@@H]1CC(=O)N(c2n[nH]c3ccccc23)C1. The highest BCUT2D eigenvalue weighted by atomic mass is 16.5. The van der Waals surface area contributed by atoms with Crippen LogP contribution in [0, 0.1) is 5.92 Å². The number of rotatable bonds is 5. The lowest BCUT2D eigenvalue weighted by molar-refractivity contribution is -0.126. The van der Waals surface area contributed by atoms with Gasteiger partial charge in [-0.1, -0.05) is 12.1 Å². The zero-order chi connectivity index (χ0) is 17.9. The van der Waals surface area contributed by atoms with Crippen molar-refractivity contribution >= 4 is 28.5 Å². The van der Waals surface area contributed by atoms with Crippen LogP contribution in [0.5, 0.6) is 0 Å². The first-order valence-electron chi connectivity index (χ1n) is 9.03. The Morgan fingerprint density at radius 2 is 2.12 bits per heavy atom. The molecule has 0 aliphatic carbocycles. The summed E-state index contributed by atoms with van der Waals surface area (Å²) in [4.78, 5) is 28.8. The minimum Gasteiger partial charge on any atom is -0.379 e. The van der Waals surface area contributed by atoms with Gasteiger partial charge in [0.25, 0.3) is 0 Å². The number of anilines is 1. The van der Waals surface area contributed by atoms with Gasteiger partial charge in [0, 0.05) is 44.5 Å². The van der Waals surface area contributed by atoms with Gasteiger partial charge in [-0.2, -0.15) is 5.10 Å². The molecular weight excluding hydrogens is 334 g/mol. The molecule has 0 spiro atoms. The molecular formula is C18H23N5O3. The minimum atomic E-state index is -0.331. The van der Waals surface area contributed by atoms with E-state index in [1.54, 1.807) is 4.90 Å². The molecule has 4 rings (SSSR count). The quantitative estimate of drug-likeness (QED) is 0.807. The van der Waals surface area contributed by atoms with Gasteiger partial charge in [0.05, 0.1) is 24.6 Å². The van der Waals surface area contributed by atoms with Crippen molar-refractivity contribution in [2.24, 2.45) is 5.92 Å². The molecule has 2 aromatic rings. The van der Waals surface area contributed by atoms with Crippen LogP contribution in [0.3, 0.4) is 0 Å². The number of hydrogen-bond donors (Lipinski definition) is 2. The third-order valence-corrected chi connectivity index (χ3v) is 5.03. The number of fused-ring (bicyclic) bond motifs is 1. The van der Waals surface area contributed by atoms with Crippen LogP contribution in [-0.2, 0) is 14.3 Å². The second kappa shape index (κ2) is 7.43. The Hall–Kier alpha value is -2.45. The molecule has 2 amide bonds. The van der Waals surface area contributed by atoms with E-state index < -0.39 is 0 Å². The molecule has 26 heavy (non-hydrogen) atoms. The number of aromatic nitrogens is 2. The average molecular weight is 357 g/mol. The average Bonchev–Trinajstić information content (AvgIpc) is 3.26. The summed E-state index contributed by atoms with van der Waals surface area (Å²) in [6, 6.07) is 7.68. The number of H-pyrrole nitrogens is 1. The van der Waals surface area contributed by atoms with Crippen molar-refractivity contribution in [3.8, 4) is 0 Å². The number of carbonyl (C=O) groups is 2. The van der Waals surface area contributed by atoms with Gasteiger partial charge < -0.3 is 10.1 Å². The summed E-state index contributed by atoms with van der Waals surface area (Å²) < 4.78 is 5.32. The lowest BCUT2D eigenvalue weighted by Gasteiger charge is -2.26. The second-order valence-corrected chi connectivity index (χ2v) is 6.74. The minimum absolute atomic E-state index is 0.0596. The van der Waals surface area contributed by atoms with Crippen molar-refractivity contribution in [3.05, 3.63) is 24.3 Å². The van der Waals surface area contributed by atoms with Gasteiger partial charge in [-0.3, -0.25) is 24.5 Å². The van der Waals surface area contributed by atoms with Gasteiger partial charge in [-0.05, 0) is 12.1 Å². The Labute approximate surface area is 151 Å². The summed E-state index contributed by atoms with van der Waals surface area (Å²) in [6.07, 6.45) is 0.227. The number of hydrogen-bond acceptors (Lipinski definition) is 5. The largest absolute Gasteiger partial charge is 0.379 e. The van der Waals surface area contributed by atoms with E-state index >= 15 is 0 Å². The number of aromatic amines is 1. The fourth-order valence-electron chi connectivity index (χ4n) is 3.55. The summed E-state index contributed by atoms with van der Waals surface area (Å²) >= 11 is 0. The van der Waals surface area contributed by atoms with Crippen LogP contribution in [0.25, 0.3) is 10.9 Å². The van der Waals surface area contributed by atoms with Crippen LogP contribution in [0.1, 0.15) is 6.42 Å². The number of nitrogens with zero attached hydrogens (tertiary/aromatic N) is 3. The number of benzene rings is 1.